The summed E-state index contributed by atoms with van der Waals surface area (Å²) in [7, 11) is 0. The molecule has 2 heterocycles. The average molecular weight is 278 g/mol. The van der Waals surface area contributed by atoms with Gasteiger partial charge in [-0.3, -0.25) is 4.90 Å². The Labute approximate surface area is 122 Å². The fourth-order valence-electron chi connectivity index (χ4n) is 2.24. The summed E-state index contributed by atoms with van der Waals surface area (Å²) < 4.78 is 11.1. The first-order valence-corrected chi connectivity index (χ1v) is 7.45. The SMILES string of the molecule is CC(C)(C)c1ccnc(OCCCN2CCOCC2)c1. The van der Waals surface area contributed by atoms with Crippen molar-refractivity contribution < 1.29 is 9.47 Å². The van der Waals surface area contributed by atoms with Crippen LogP contribution in [0, 0.1) is 0 Å². The largest absolute Gasteiger partial charge is 0.478 e. The summed E-state index contributed by atoms with van der Waals surface area (Å²) in [5.41, 5.74) is 1.39. The number of nitrogens with zero attached hydrogens (tertiary/aromatic N) is 2. The molecule has 0 amide bonds. The lowest BCUT2D eigenvalue weighted by molar-refractivity contribution is 0.0357. The zero-order valence-electron chi connectivity index (χ0n) is 12.9. The molecular weight excluding hydrogens is 252 g/mol. The van der Waals surface area contributed by atoms with Crippen LogP contribution in [0.4, 0.5) is 0 Å². The van der Waals surface area contributed by atoms with E-state index in [-0.39, 0.29) is 5.41 Å². The molecule has 0 unspecified atom stereocenters. The molecule has 1 aromatic rings. The van der Waals surface area contributed by atoms with Crippen LogP contribution in [-0.2, 0) is 10.2 Å². The molecule has 1 fully saturated rings. The predicted molar refractivity (Wildman–Crippen MR) is 80.3 cm³/mol. The van der Waals surface area contributed by atoms with Gasteiger partial charge in [0.2, 0.25) is 5.88 Å². The summed E-state index contributed by atoms with van der Waals surface area (Å²) in [5.74, 6) is 0.736. The number of hydrogen-bond acceptors (Lipinski definition) is 4. The number of morpholine rings is 1. The van der Waals surface area contributed by atoms with E-state index >= 15 is 0 Å². The van der Waals surface area contributed by atoms with E-state index in [9.17, 15) is 0 Å². The Balaban J connectivity index is 1.73. The average Bonchev–Trinajstić information content (AvgIpc) is 2.44. The summed E-state index contributed by atoms with van der Waals surface area (Å²) in [5, 5.41) is 0. The quantitative estimate of drug-likeness (QED) is 0.775. The summed E-state index contributed by atoms with van der Waals surface area (Å²) in [6.45, 7) is 12.2. The Morgan fingerprint density at radius 3 is 2.75 bits per heavy atom. The smallest absolute Gasteiger partial charge is 0.213 e. The van der Waals surface area contributed by atoms with E-state index in [1.807, 2.05) is 6.20 Å². The Morgan fingerprint density at radius 1 is 1.30 bits per heavy atom. The molecule has 0 saturated carbocycles. The second-order valence-corrected chi connectivity index (χ2v) is 6.29. The maximum absolute atomic E-state index is 5.76. The van der Waals surface area contributed by atoms with Crippen molar-refractivity contribution in [1.82, 2.24) is 9.88 Å². The molecule has 1 aliphatic heterocycles. The standard InChI is InChI=1S/C16H26N2O2/c1-16(2,3)14-5-6-17-15(13-14)20-10-4-7-18-8-11-19-12-9-18/h5-6,13H,4,7-12H2,1-3H3. The van der Waals surface area contributed by atoms with Crippen LogP contribution >= 0.6 is 0 Å². The maximum atomic E-state index is 5.76. The van der Waals surface area contributed by atoms with Crippen LogP contribution in [0.5, 0.6) is 5.88 Å². The molecule has 20 heavy (non-hydrogen) atoms. The summed E-state index contributed by atoms with van der Waals surface area (Å²) in [6.07, 6.45) is 2.86. The molecule has 0 radical (unpaired) electrons. The van der Waals surface area contributed by atoms with Crippen molar-refractivity contribution >= 4 is 0 Å². The zero-order valence-corrected chi connectivity index (χ0v) is 12.9. The van der Waals surface area contributed by atoms with E-state index in [0.29, 0.717) is 0 Å². The highest BCUT2D eigenvalue weighted by Crippen LogP contribution is 2.24. The molecule has 112 valence electrons. The minimum absolute atomic E-state index is 0.134. The fourth-order valence-corrected chi connectivity index (χ4v) is 2.24. The van der Waals surface area contributed by atoms with Gasteiger partial charge >= 0.3 is 0 Å². The third-order valence-corrected chi connectivity index (χ3v) is 3.57. The Hall–Kier alpha value is -1.13. The molecule has 0 atom stereocenters. The molecule has 0 aromatic carbocycles. The summed E-state index contributed by atoms with van der Waals surface area (Å²) >= 11 is 0. The van der Waals surface area contributed by atoms with Crippen molar-refractivity contribution in [3.05, 3.63) is 23.9 Å². The molecule has 1 aliphatic rings. The van der Waals surface area contributed by atoms with Crippen LogP contribution in [0.2, 0.25) is 0 Å². The van der Waals surface area contributed by atoms with Crippen LogP contribution < -0.4 is 4.74 Å². The minimum Gasteiger partial charge on any atom is -0.478 e. The van der Waals surface area contributed by atoms with Gasteiger partial charge in [-0.1, -0.05) is 20.8 Å². The number of rotatable bonds is 5. The lowest BCUT2D eigenvalue weighted by Gasteiger charge is -2.26. The van der Waals surface area contributed by atoms with Crippen molar-refractivity contribution in [1.29, 1.82) is 0 Å². The van der Waals surface area contributed by atoms with Crippen LogP contribution in [0.25, 0.3) is 0 Å². The predicted octanol–water partition coefficient (Wildman–Crippen LogP) is 2.48. The van der Waals surface area contributed by atoms with Crippen molar-refractivity contribution in [3.63, 3.8) is 0 Å². The van der Waals surface area contributed by atoms with Crippen LogP contribution in [0.15, 0.2) is 18.3 Å². The van der Waals surface area contributed by atoms with Gasteiger partial charge in [-0.15, -0.1) is 0 Å². The van der Waals surface area contributed by atoms with Gasteiger partial charge in [0.25, 0.3) is 0 Å². The topological polar surface area (TPSA) is 34.6 Å². The van der Waals surface area contributed by atoms with Crippen molar-refractivity contribution in [2.45, 2.75) is 32.6 Å². The second kappa shape index (κ2) is 7.04. The second-order valence-electron chi connectivity index (χ2n) is 6.29. The molecule has 0 N–H and O–H groups in total. The van der Waals surface area contributed by atoms with Gasteiger partial charge in [-0.2, -0.15) is 0 Å². The third-order valence-electron chi connectivity index (χ3n) is 3.57. The molecule has 4 heteroatoms. The van der Waals surface area contributed by atoms with E-state index in [1.54, 1.807) is 0 Å². The number of pyridine rings is 1. The van der Waals surface area contributed by atoms with Gasteiger partial charge < -0.3 is 9.47 Å². The molecule has 0 aliphatic carbocycles. The van der Waals surface area contributed by atoms with Crippen LogP contribution in [-0.4, -0.2) is 49.3 Å². The van der Waals surface area contributed by atoms with Crippen molar-refractivity contribution in [3.8, 4) is 5.88 Å². The zero-order chi connectivity index (χ0) is 14.4. The molecule has 0 bridgehead atoms. The Kier molecular flexibility index (Phi) is 5.38. The summed E-state index contributed by atoms with van der Waals surface area (Å²) in [4.78, 5) is 6.70. The molecule has 1 aromatic heterocycles. The third kappa shape index (κ3) is 4.76. The fraction of sp³-hybridized carbons (Fsp3) is 0.688. The first-order chi connectivity index (χ1) is 9.55. The molecule has 2 rings (SSSR count). The maximum Gasteiger partial charge on any atom is 0.213 e. The molecule has 0 spiro atoms. The lowest BCUT2D eigenvalue weighted by Crippen LogP contribution is -2.37. The van der Waals surface area contributed by atoms with Gasteiger partial charge in [0, 0.05) is 31.9 Å². The van der Waals surface area contributed by atoms with Crippen molar-refractivity contribution in [2.24, 2.45) is 0 Å². The highest BCUT2D eigenvalue weighted by Gasteiger charge is 2.14. The van der Waals surface area contributed by atoms with E-state index in [2.05, 4.69) is 42.8 Å². The van der Waals surface area contributed by atoms with E-state index in [1.165, 1.54) is 5.56 Å². The number of aromatic nitrogens is 1. The van der Waals surface area contributed by atoms with Gasteiger partial charge in [-0.05, 0) is 23.5 Å². The normalized spacial score (nSPS) is 17.1. The lowest BCUT2D eigenvalue weighted by atomic mass is 9.88. The molecule has 4 nitrogen and oxygen atoms in total. The Morgan fingerprint density at radius 2 is 2.05 bits per heavy atom. The Bertz CT molecular complexity index is 409. The van der Waals surface area contributed by atoms with Crippen molar-refractivity contribution in [2.75, 3.05) is 39.5 Å². The first kappa shape index (κ1) is 15.3. The number of ether oxygens (including phenoxy) is 2. The molecular formula is C16H26N2O2. The van der Waals surface area contributed by atoms with Crippen LogP contribution in [0.3, 0.4) is 0 Å². The molecule has 1 saturated heterocycles. The van der Waals surface area contributed by atoms with Crippen LogP contribution in [0.1, 0.15) is 32.8 Å². The summed E-state index contributed by atoms with van der Waals surface area (Å²) in [6, 6.07) is 4.11. The van der Waals surface area contributed by atoms with E-state index in [4.69, 9.17) is 9.47 Å². The van der Waals surface area contributed by atoms with Gasteiger partial charge in [0.15, 0.2) is 0 Å². The highest BCUT2D eigenvalue weighted by molar-refractivity contribution is 5.26. The van der Waals surface area contributed by atoms with Gasteiger partial charge in [0.05, 0.1) is 19.8 Å². The van der Waals surface area contributed by atoms with Gasteiger partial charge in [-0.25, -0.2) is 4.98 Å². The van der Waals surface area contributed by atoms with Gasteiger partial charge in [0.1, 0.15) is 0 Å². The minimum atomic E-state index is 0.134. The first-order valence-electron chi connectivity index (χ1n) is 7.45. The highest BCUT2D eigenvalue weighted by atomic mass is 16.5. The monoisotopic (exact) mass is 278 g/mol. The van der Waals surface area contributed by atoms with E-state index < -0.39 is 0 Å². The van der Waals surface area contributed by atoms with E-state index in [0.717, 1.165) is 51.8 Å². The number of hydrogen-bond donors (Lipinski definition) is 0.